The van der Waals surface area contributed by atoms with Crippen molar-refractivity contribution >= 4 is 24.2 Å². The van der Waals surface area contributed by atoms with Crippen LogP contribution in [0.15, 0.2) is 72.8 Å². The molecule has 154 valence electrons. The number of rotatable bonds is 5. The van der Waals surface area contributed by atoms with Crippen molar-refractivity contribution in [2.24, 2.45) is 0 Å². The van der Waals surface area contributed by atoms with E-state index in [0.29, 0.717) is 27.7 Å². The fourth-order valence-corrected chi connectivity index (χ4v) is 3.35. The van der Waals surface area contributed by atoms with Crippen LogP contribution < -0.4 is 14.9 Å². The quantitative estimate of drug-likeness (QED) is 0.457. The van der Waals surface area contributed by atoms with Crippen molar-refractivity contribution in [2.45, 2.75) is 38.9 Å². The standard InChI is InChI=1S/C24H24BClO4/c1-23(2)24(3,4)30-25(29-23)22-20(27-18-11-6-5-7-12-18)14-9-15-21(22)28-19-13-8-10-17(26)16-19/h5-16H,1-4H3. The summed E-state index contributed by atoms with van der Waals surface area (Å²) in [6.45, 7) is 8.08. The minimum absolute atomic E-state index is 0.495. The number of para-hydroxylation sites is 1. The molecule has 0 atom stereocenters. The van der Waals surface area contributed by atoms with Crippen molar-refractivity contribution in [3.05, 3.63) is 77.8 Å². The molecule has 0 aromatic heterocycles. The van der Waals surface area contributed by atoms with Gasteiger partial charge in [0.2, 0.25) is 0 Å². The first kappa shape index (κ1) is 20.8. The molecule has 1 aliphatic rings. The third-order valence-electron chi connectivity index (χ3n) is 5.51. The van der Waals surface area contributed by atoms with Gasteiger partial charge >= 0.3 is 7.12 Å². The molecule has 0 unspecified atom stereocenters. The Hall–Kier alpha value is -2.47. The molecule has 30 heavy (non-hydrogen) atoms. The van der Waals surface area contributed by atoms with E-state index in [1.165, 1.54) is 0 Å². The Balaban J connectivity index is 1.77. The second kappa shape index (κ2) is 7.99. The molecule has 6 heteroatoms. The molecule has 0 bridgehead atoms. The minimum Gasteiger partial charge on any atom is -0.458 e. The van der Waals surface area contributed by atoms with Crippen molar-refractivity contribution in [2.75, 3.05) is 0 Å². The lowest BCUT2D eigenvalue weighted by Gasteiger charge is -2.32. The summed E-state index contributed by atoms with van der Waals surface area (Å²) in [5.74, 6) is 2.54. The van der Waals surface area contributed by atoms with Crippen molar-refractivity contribution < 1.29 is 18.8 Å². The molecule has 1 fully saturated rings. The van der Waals surface area contributed by atoms with E-state index < -0.39 is 18.3 Å². The van der Waals surface area contributed by atoms with E-state index in [4.69, 9.17) is 30.4 Å². The third kappa shape index (κ3) is 4.19. The van der Waals surface area contributed by atoms with E-state index >= 15 is 0 Å². The van der Waals surface area contributed by atoms with Crippen LogP contribution in [0.3, 0.4) is 0 Å². The summed E-state index contributed by atoms with van der Waals surface area (Å²) in [7, 11) is -0.649. The maximum Gasteiger partial charge on any atom is 0.502 e. The molecule has 0 aliphatic carbocycles. The Morgan fingerprint density at radius 1 is 0.700 bits per heavy atom. The Kier molecular flexibility index (Phi) is 5.54. The minimum atomic E-state index is -0.649. The first-order valence-electron chi connectivity index (χ1n) is 9.90. The fourth-order valence-electron chi connectivity index (χ4n) is 3.17. The molecular formula is C24H24BClO4. The van der Waals surface area contributed by atoms with Crippen LogP contribution in [0.5, 0.6) is 23.0 Å². The lowest BCUT2D eigenvalue weighted by Crippen LogP contribution is -2.41. The van der Waals surface area contributed by atoms with Crippen molar-refractivity contribution in [3.63, 3.8) is 0 Å². The topological polar surface area (TPSA) is 36.9 Å². The smallest absolute Gasteiger partial charge is 0.458 e. The van der Waals surface area contributed by atoms with Gasteiger partial charge in [0.05, 0.1) is 16.7 Å². The molecule has 1 aliphatic heterocycles. The summed E-state index contributed by atoms with van der Waals surface area (Å²) < 4.78 is 25.0. The van der Waals surface area contributed by atoms with Gasteiger partial charge in [0, 0.05) is 5.02 Å². The zero-order valence-corrected chi connectivity index (χ0v) is 18.3. The van der Waals surface area contributed by atoms with Gasteiger partial charge in [-0.3, -0.25) is 0 Å². The van der Waals surface area contributed by atoms with Gasteiger partial charge in [-0.05, 0) is 70.2 Å². The maximum absolute atomic E-state index is 6.32. The van der Waals surface area contributed by atoms with Gasteiger partial charge in [-0.25, -0.2) is 0 Å². The van der Waals surface area contributed by atoms with Crippen molar-refractivity contribution in [3.8, 4) is 23.0 Å². The van der Waals surface area contributed by atoms with Gasteiger partial charge < -0.3 is 18.8 Å². The molecule has 3 aromatic rings. The molecule has 0 saturated carbocycles. The largest absolute Gasteiger partial charge is 0.502 e. The van der Waals surface area contributed by atoms with Crippen molar-refractivity contribution in [1.29, 1.82) is 0 Å². The summed E-state index contributed by atoms with van der Waals surface area (Å²) in [6, 6.07) is 22.5. The Bertz CT molecular complexity index is 1020. The molecule has 1 heterocycles. The monoisotopic (exact) mass is 422 g/mol. The molecule has 0 N–H and O–H groups in total. The number of hydrogen-bond donors (Lipinski definition) is 0. The van der Waals surface area contributed by atoms with E-state index in [0.717, 1.165) is 5.75 Å². The van der Waals surface area contributed by atoms with Crippen LogP contribution >= 0.6 is 11.6 Å². The number of ether oxygens (including phenoxy) is 2. The van der Waals surface area contributed by atoms with Gasteiger partial charge in [0.1, 0.15) is 23.0 Å². The van der Waals surface area contributed by atoms with E-state index in [1.54, 1.807) is 12.1 Å². The third-order valence-corrected chi connectivity index (χ3v) is 5.75. The lowest BCUT2D eigenvalue weighted by molar-refractivity contribution is 0.00578. The highest BCUT2D eigenvalue weighted by Gasteiger charge is 2.53. The predicted molar refractivity (Wildman–Crippen MR) is 120 cm³/mol. The molecule has 0 amide bonds. The highest BCUT2D eigenvalue weighted by molar-refractivity contribution is 6.64. The predicted octanol–water partition coefficient (Wildman–Crippen LogP) is 6.22. The van der Waals surface area contributed by atoms with Gasteiger partial charge in [0.15, 0.2) is 0 Å². The first-order chi connectivity index (χ1) is 14.2. The molecule has 4 rings (SSSR count). The van der Waals surface area contributed by atoms with E-state index in [9.17, 15) is 0 Å². The van der Waals surface area contributed by atoms with Crippen LogP contribution in [0.25, 0.3) is 0 Å². The summed E-state index contributed by atoms with van der Waals surface area (Å²) >= 11 is 6.14. The molecular weight excluding hydrogens is 399 g/mol. The molecule has 0 spiro atoms. The summed E-state index contributed by atoms with van der Waals surface area (Å²) in [5.41, 5.74) is -0.296. The normalized spacial score (nSPS) is 17.0. The lowest BCUT2D eigenvalue weighted by atomic mass is 9.77. The summed E-state index contributed by atoms with van der Waals surface area (Å²) in [6.07, 6.45) is 0. The first-order valence-corrected chi connectivity index (χ1v) is 10.3. The van der Waals surface area contributed by atoms with E-state index in [1.807, 2.05) is 88.4 Å². The Morgan fingerprint density at radius 2 is 1.23 bits per heavy atom. The SMILES string of the molecule is CC1(C)OB(c2c(Oc3ccccc3)cccc2Oc2cccc(Cl)c2)OC1(C)C. The number of halogens is 1. The molecule has 4 nitrogen and oxygen atoms in total. The second-order valence-corrected chi connectivity index (χ2v) is 8.67. The van der Waals surface area contributed by atoms with Crippen LogP contribution in [0.4, 0.5) is 0 Å². The van der Waals surface area contributed by atoms with Crippen LogP contribution in [0, 0.1) is 0 Å². The van der Waals surface area contributed by atoms with Gasteiger partial charge in [0.25, 0.3) is 0 Å². The van der Waals surface area contributed by atoms with Crippen molar-refractivity contribution in [1.82, 2.24) is 0 Å². The van der Waals surface area contributed by atoms with Crippen LogP contribution in [0.1, 0.15) is 27.7 Å². The zero-order valence-electron chi connectivity index (χ0n) is 17.5. The zero-order chi connectivity index (χ0) is 21.4. The fraction of sp³-hybridized carbons (Fsp3) is 0.250. The summed E-state index contributed by atoms with van der Waals surface area (Å²) in [4.78, 5) is 0. The second-order valence-electron chi connectivity index (χ2n) is 8.23. The van der Waals surface area contributed by atoms with Crippen LogP contribution in [-0.4, -0.2) is 18.3 Å². The average Bonchev–Trinajstić information content (AvgIpc) is 2.90. The van der Waals surface area contributed by atoms with E-state index in [-0.39, 0.29) is 0 Å². The average molecular weight is 423 g/mol. The maximum atomic E-state index is 6.32. The van der Waals surface area contributed by atoms with Gasteiger partial charge in [-0.15, -0.1) is 0 Å². The van der Waals surface area contributed by atoms with Crippen LogP contribution in [-0.2, 0) is 9.31 Å². The molecule has 0 radical (unpaired) electrons. The Morgan fingerprint density at radius 3 is 1.83 bits per heavy atom. The summed E-state index contributed by atoms with van der Waals surface area (Å²) in [5, 5.41) is 0.598. The highest BCUT2D eigenvalue weighted by atomic mass is 35.5. The highest BCUT2D eigenvalue weighted by Crippen LogP contribution is 2.39. The Labute approximate surface area is 182 Å². The van der Waals surface area contributed by atoms with Crippen LogP contribution in [0.2, 0.25) is 5.02 Å². The van der Waals surface area contributed by atoms with Gasteiger partial charge in [-0.2, -0.15) is 0 Å². The molecule has 1 saturated heterocycles. The molecule has 3 aromatic carbocycles. The van der Waals surface area contributed by atoms with E-state index in [2.05, 4.69) is 0 Å². The number of benzene rings is 3. The van der Waals surface area contributed by atoms with Gasteiger partial charge in [-0.1, -0.05) is 41.9 Å². The number of hydrogen-bond acceptors (Lipinski definition) is 4.